The molecule has 0 spiro atoms. The fourth-order valence-corrected chi connectivity index (χ4v) is 4.77. The molecule has 4 aromatic rings. The number of fused-ring (bicyclic) bond motifs is 2. The topological polar surface area (TPSA) is 53.4 Å². The lowest BCUT2D eigenvalue weighted by Crippen LogP contribution is -2.37. The van der Waals surface area contributed by atoms with Gasteiger partial charge >= 0.3 is 0 Å². The summed E-state index contributed by atoms with van der Waals surface area (Å²) in [6, 6.07) is 23.4. The molecular weight excluding hydrogens is 408 g/mol. The van der Waals surface area contributed by atoms with Crippen molar-refractivity contribution in [1.82, 2.24) is 9.55 Å². The third kappa shape index (κ3) is 4.03. The van der Waals surface area contributed by atoms with Gasteiger partial charge in [0.25, 0.3) is 5.56 Å². The fourth-order valence-electron chi connectivity index (χ4n) is 3.69. The zero-order valence-electron chi connectivity index (χ0n) is 17.2. The molecule has 5 rings (SSSR count). The van der Waals surface area contributed by atoms with E-state index in [0.717, 1.165) is 11.5 Å². The number of para-hydroxylation sites is 3. The van der Waals surface area contributed by atoms with Gasteiger partial charge in [0.05, 0.1) is 17.4 Å². The van der Waals surface area contributed by atoms with Crippen LogP contribution < -0.4 is 15.0 Å². The van der Waals surface area contributed by atoms with Crippen LogP contribution in [0.1, 0.15) is 11.1 Å². The first kappa shape index (κ1) is 19.7. The quantitative estimate of drug-likeness (QED) is 0.335. The van der Waals surface area contributed by atoms with Gasteiger partial charge in [0.1, 0.15) is 6.61 Å². The lowest BCUT2D eigenvalue weighted by Gasteiger charge is -2.27. The van der Waals surface area contributed by atoms with Crippen molar-refractivity contribution in [2.45, 2.75) is 30.5 Å². The molecule has 0 aliphatic carbocycles. The van der Waals surface area contributed by atoms with Crippen molar-refractivity contribution in [2.24, 2.45) is 0 Å². The molecule has 3 aromatic carbocycles. The molecule has 1 aromatic heterocycles. The largest absolute Gasteiger partial charge is 0.486 e. The number of hydrogen-bond donors (Lipinski definition) is 0. The van der Waals surface area contributed by atoms with Crippen molar-refractivity contribution in [1.29, 1.82) is 0 Å². The Morgan fingerprint density at radius 1 is 1.00 bits per heavy atom. The molecule has 31 heavy (non-hydrogen) atoms. The zero-order valence-corrected chi connectivity index (χ0v) is 18.0. The van der Waals surface area contributed by atoms with Gasteiger partial charge < -0.3 is 9.47 Å². The molecule has 0 N–H and O–H groups in total. The second-order valence-electron chi connectivity index (χ2n) is 7.54. The highest BCUT2D eigenvalue weighted by Gasteiger charge is 2.23. The van der Waals surface area contributed by atoms with Crippen LogP contribution in [0, 0.1) is 6.92 Å². The Bertz CT molecular complexity index is 1300. The van der Waals surface area contributed by atoms with Crippen molar-refractivity contribution < 1.29 is 9.47 Å². The molecular formula is C25H22N2O3S. The maximum absolute atomic E-state index is 13.4. The lowest BCUT2D eigenvalue weighted by atomic mass is 10.1. The minimum Gasteiger partial charge on any atom is -0.486 e. The number of aromatic nitrogens is 2. The molecule has 1 atom stereocenters. The van der Waals surface area contributed by atoms with E-state index < -0.39 is 0 Å². The minimum atomic E-state index is -0.270. The van der Waals surface area contributed by atoms with Gasteiger partial charge in [0, 0.05) is 5.75 Å². The van der Waals surface area contributed by atoms with Gasteiger partial charge in [-0.25, -0.2) is 4.98 Å². The van der Waals surface area contributed by atoms with Crippen LogP contribution >= 0.6 is 11.8 Å². The maximum atomic E-state index is 13.4. The molecule has 2 heterocycles. The molecule has 0 saturated heterocycles. The summed E-state index contributed by atoms with van der Waals surface area (Å²) < 4.78 is 13.7. The van der Waals surface area contributed by atoms with E-state index in [-0.39, 0.29) is 11.7 Å². The Hall–Kier alpha value is -3.25. The average molecular weight is 431 g/mol. The molecule has 0 fully saturated rings. The van der Waals surface area contributed by atoms with Crippen molar-refractivity contribution >= 4 is 22.7 Å². The number of thioether (sulfide) groups is 1. The van der Waals surface area contributed by atoms with Gasteiger partial charge in [-0.2, -0.15) is 0 Å². The molecule has 1 aliphatic heterocycles. The van der Waals surface area contributed by atoms with Gasteiger partial charge in [0.2, 0.25) is 0 Å². The second kappa shape index (κ2) is 8.47. The van der Waals surface area contributed by atoms with Gasteiger partial charge in [-0.05, 0) is 42.3 Å². The molecule has 6 heteroatoms. The molecule has 0 radical (unpaired) electrons. The Labute approximate surface area is 184 Å². The van der Waals surface area contributed by atoms with E-state index in [9.17, 15) is 4.79 Å². The van der Waals surface area contributed by atoms with E-state index in [1.165, 1.54) is 11.1 Å². The standard InChI is InChI=1S/C25H22N2O3S/c1-17-8-2-3-9-18(17)16-31-25-26-21-11-5-4-10-20(21)24(28)27(25)14-19-15-29-22-12-6-7-13-23(22)30-19/h2-13,19H,14-16H2,1H3/t19-/m0/s1. The van der Waals surface area contributed by atoms with Gasteiger partial charge in [0.15, 0.2) is 22.8 Å². The number of benzene rings is 3. The van der Waals surface area contributed by atoms with E-state index in [4.69, 9.17) is 14.5 Å². The molecule has 156 valence electrons. The highest BCUT2D eigenvalue weighted by atomic mass is 32.2. The van der Waals surface area contributed by atoms with Gasteiger partial charge in [-0.3, -0.25) is 9.36 Å². The summed E-state index contributed by atoms with van der Waals surface area (Å²) >= 11 is 1.57. The minimum absolute atomic E-state index is 0.0552. The molecule has 0 bridgehead atoms. The van der Waals surface area contributed by atoms with E-state index >= 15 is 0 Å². The van der Waals surface area contributed by atoms with Crippen LogP contribution in [0.3, 0.4) is 0 Å². The van der Waals surface area contributed by atoms with Crippen LogP contribution in [-0.4, -0.2) is 22.3 Å². The summed E-state index contributed by atoms with van der Waals surface area (Å²) in [7, 11) is 0. The molecule has 0 unspecified atom stereocenters. The Morgan fingerprint density at radius 3 is 2.61 bits per heavy atom. The highest BCUT2D eigenvalue weighted by molar-refractivity contribution is 7.98. The number of aryl methyl sites for hydroxylation is 1. The highest BCUT2D eigenvalue weighted by Crippen LogP contribution is 2.32. The molecule has 0 saturated carbocycles. The normalized spacial score (nSPS) is 15.2. The summed E-state index contributed by atoms with van der Waals surface area (Å²) in [6.45, 7) is 2.86. The van der Waals surface area contributed by atoms with Crippen LogP contribution in [0.2, 0.25) is 0 Å². The third-order valence-corrected chi connectivity index (χ3v) is 6.42. The van der Waals surface area contributed by atoms with Crippen LogP contribution in [0.25, 0.3) is 10.9 Å². The first-order valence-electron chi connectivity index (χ1n) is 10.2. The summed E-state index contributed by atoms with van der Waals surface area (Å²) in [5, 5.41) is 1.30. The van der Waals surface area contributed by atoms with Crippen molar-refractivity contribution in [3.63, 3.8) is 0 Å². The first-order valence-corrected chi connectivity index (χ1v) is 11.2. The number of nitrogens with zero attached hydrogens (tertiary/aromatic N) is 2. The fraction of sp³-hybridized carbons (Fsp3) is 0.200. The van der Waals surface area contributed by atoms with Crippen molar-refractivity contribution in [2.75, 3.05) is 6.61 Å². The lowest BCUT2D eigenvalue weighted by molar-refractivity contribution is 0.0757. The summed E-state index contributed by atoms with van der Waals surface area (Å²) in [5.74, 6) is 2.18. The van der Waals surface area contributed by atoms with Crippen LogP contribution in [0.5, 0.6) is 11.5 Å². The van der Waals surface area contributed by atoms with Crippen LogP contribution in [0.4, 0.5) is 0 Å². The Kier molecular flexibility index (Phi) is 5.38. The van der Waals surface area contributed by atoms with Crippen molar-refractivity contribution in [3.05, 3.63) is 94.3 Å². The predicted molar refractivity (Wildman–Crippen MR) is 123 cm³/mol. The monoisotopic (exact) mass is 430 g/mol. The number of ether oxygens (including phenoxy) is 2. The third-order valence-electron chi connectivity index (χ3n) is 5.40. The summed E-state index contributed by atoms with van der Waals surface area (Å²) in [4.78, 5) is 18.2. The van der Waals surface area contributed by atoms with Crippen molar-refractivity contribution in [3.8, 4) is 11.5 Å². The summed E-state index contributed by atoms with van der Waals surface area (Å²) in [6.07, 6.45) is -0.270. The number of rotatable bonds is 5. The van der Waals surface area contributed by atoms with E-state index in [1.807, 2.05) is 60.7 Å². The van der Waals surface area contributed by atoms with Gasteiger partial charge in [-0.15, -0.1) is 0 Å². The van der Waals surface area contributed by atoms with E-state index in [2.05, 4.69) is 19.1 Å². The number of hydrogen-bond acceptors (Lipinski definition) is 5. The Morgan fingerprint density at radius 2 is 1.74 bits per heavy atom. The van der Waals surface area contributed by atoms with E-state index in [1.54, 1.807) is 16.3 Å². The van der Waals surface area contributed by atoms with Gasteiger partial charge in [-0.1, -0.05) is 60.3 Å². The molecule has 0 amide bonds. The summed E-state index contributed by atoms with van der Waals surface area (Å²) in [5.41, 5.74) is 3.11. The maximum Gasteiger partial charge on any atom is 0.262 e. The molecule has 1 aliphatic rings. The second-order valence-corrected chi connectivity index (χ2v) is 8.48. The van der Waals surface area contributed by atoms with Crippen LogP contribution in [0.15, 0.2) is 82.7 Å². The first-order chi connectivity index (χ1) is 15.2. The average Bonchev–Trinajstić information content (AvgIpc) is 2.80. The SMILES string of the molecule is Cc1ccccc1CSc1nc2ccccc2c(=O)n1C[C@H]1COc2ccccc2O1. The Balaban J connectivity index is 1.48. The van der Waals surface area contributed by atoms with E-state index in [0.29, 0.717) is 35.0 Å². The van der Waals surface area contributed by atoms with Crippen LogP contribution in [-0.2, 0) is 12.3 Å². The molecule has 5 nitrogen and oxygen atoms in total. The predicted octanol–water partition coefficient (Wildman–Crippen LogP) is 4.84. The zero-order chi connectivity index (χ0) is 21.2. The smallest absolute Gasteiger partial charge is 0.262 e.